The third-order valence-electron chi connectivity index (χ3n) is 6.11. The minimum absolute atomic E-state index is 0.0245. The highest BCUT2D eigenvalue weighted by Gasteiger charge is 2.48. The van der Waals surface area contributed by atoms with E-state index >= 15 is 0 Å². The number of fused-ring (bicyclic) bond motifs is 1. The number of hydrogen-bond acceptors (Lipinski definition) is 6. The van der Waals surface area contributed by atoms with Gasteiger partial charge in [0.2, 0.25) is 0 Å². The van der Waals surface area contributed by atoms with Crippen LogP contribution in [0.1, 0.15) is 66.2 Å². The maximum Gasteiger partial charge on any atom is 0.334 e. The highest BCUT2D eigenvalue weighted by molar-refractivity contribution is 5.91. The summed E-state index contributed by atoms with van der Waals surface area (Å²) < 4.78 is 11.1. The van der Waals surface area contributed by atoms with E-state index in [2.05, 4.69) is 19.6 Å². The molecule has 6 nitrogen and oxygen atoms in total. The molecule has 0 aromatic heterocycles. The standard InChI is InChI=1S/C22H34O6/c1-13-8-6-10-14(2)19(27-16(4)23)20-17(15(3)21(25)28-20)12-18(24)22(5,26)11-7-9-13/h9,14,17-20,24,26H,3,6-8,10-12H2,1-2,4-5H3/b13-9+/t14-,17-,18+,19+,20+,22-/m0/s1. The second-order valence-electron chi connectivity index (χ2n) is 8.64. The van der Waals surface area contributed by atoms with Crippen LogP contribution in [-0.4, -0.2) is 46.1 Å². The van der Waals surface area contributed by atoms with Gasteiger partial charge in [-0.15, -0.1) is 0 Å². The van der Waals surface area contributed by atoms with Crippen molar-refractivity contribution in [2.24, 2.45) is 11.8 Å². The van der Waals surface area contributed by atoms with E-state index in [1.165, 1.54) is 12.5 Å². The Balaban J connectivity index is 2.37. The van der Waals surface area contributed by atoms with E-state index in [0.29, 0.717) is 12.8 Å². The van der Waals surface area contributed by atoms with Crippen LogP contribution in [0.3, 0.4) is 0 Å². The van der Waals surface area contributed by atoms with Crippen molar-refractivity contribution < 1.29 is 29.3 Å². The summed E-state index contributed by atoms with van der Waals surface area (Å²) in [5, 5.41) is 21.5. The van der Waals surface area contributed by atoms with Crippen molar-refractivity contribution in [3.8, 4) is 0 Å². The molecule has 158 valence electrons. The van der Waals surface area contributed by atoms with Gasteiger partial charge in [0, 0.05) is 18.4 Å². The van der Waals surface area contributed by atoms with Crippen LogP contribution in [0.4, 0.5) is 0 Å². The molecular formula is C22H34O6. The molecule has 1 saturated heterocycles. The topological polar surface area (TPSA) is 93.1 Å². The number of carbonyl (C=O) groups excluding carboxylic acids is 2. The zero-order valence-electron chi connectivity index (χ0n) is 17.4. The van der Waals surface area contributed by atoms with Crippen molar-refractivity contribution >= 4 is 11.9 Å². The van der Waals surface area contributed by atoms with Crippen LogP contribution in [0, 0.1) is 11.8 Å². The van der Waals surface area contributed by atoms with Crippen LogP contribution in [0.25, 0.3) is 0 Å². The number of hydrogen-bond donors (Lipinski definition) is 2. The lowest BCUT2D eigenvalue weighted by molar-refractivity contribution is -0.166. The molecule has 28 heavy (non-hydrogen) atoms. The summed E-state index contributed by atoms with van der Waals surface area (Å²) in [7, 11) is 0. The Morgan fingerprint density at radius 2 is 2.11 bits per heavy atom. The summed E-state index contributed by atoms with van der Waals surface area (Å²) in [6, 6.07) is 0. The quantitative estimate of drug-likeness (QED) is 0.403. The summed E-state index contributed by atoms with van der Waals surface area (Å²) in [5.74, 6) is -1.51. The van der Waals surface area contributed by atoms with Gasteiger partial charge in [0.05, 0.1) is 11.7 Å². The lowest BCUT2D eigenvalue weighted by Gasteiger charge is -2.35. The number of aliphatic hydroxyl groups is 2. The van der Waals surface area contributed by atoms with Gasteiger partial charge in [-0.05, 0) is 58.3 Å². The molecule has 0 aromatic rings. The van der Waals surface area contributed by atoms with Gasteiger partial charge in [-0.25, -0.2) is 4.79 Å². The van der Waals surface area contributed by atoms with Gasteiger partial charge in [0.15, 0.2) is 0 Å². The van der Waals surface area contributed by atoms with Gasteiger partial charge < -0.3 is 19.7 Å². The van der Waals surface area contributed by atoms with Crippen molar-refractivity contribution in [1.29, 1.82) is 0 Å². The molecule has 1 fully saturated rings. The molecule has 6 heteroatoms. The smallest absolute Gasteiger partial charge is 0.334 e. The maximum absolute atomic E-state index is 12.2. The molecule has 0 unspecified atom stereocenters. The highest BCUT2D eigenvalue weighted by atomic mass is 16.6. The minimum Gasteiger partial charge on any atom is -0.458 e. The molecular weight excluding hydrogens is 360 g/mol. The average Bonchev–Trinajstić information content (AvgIpc) is 2.86. The van der Waals surface area contributed by atoms with E-state index in [1.807, 2.05) is 6.92 Å². The summed E-state index contributed by atoms with van der Waals surface area (Å²) >= 11 is 0. The Labute approximate surface area is 167 Å². The molecule has 0 aromatic carbocycles. The number of aliphatic hydroxyl groups excluding tert-OH is 1. The second-order valence-corrected chi connectivity index (χ2v) is 8.64. The van der Waals surface area contributed by atoms with E-state index in [0.717, 1.165) is 19.3 Å². The van der Waals surface area contributed by atoms with Gasteiger partial charge in [-0.1, -0.05) is 25.2 Å². The first kappa shape index (κ1) is 22.6. The van der Waals surface area contributed by atoms with Gasteiger partial charge in [-0.2, -0.15) is 0 Å². The molecule has 2 aliphatic rings. The number of allylic oxidation sites excluding steroid dienone is 2. The van der Waals surface area contributed by atoms with Crippen molar-refractivity contribution in [2.75, 3.05) is 0 Å². The first-order valence-corrected chi connectivity index (χ1v) is 10.2. The van der Waals surface area contributed by atoms with E-state index in [-0.39, 0.29) is 17.9 Å². The van der Waals surface area contributed by atoms with Crippen molar-refractivity contribution in [3.63, 3.8) is 0 Å². The summed E-state index contributed by atoms with van der Waals surface area (Å²) in [6.07, 6.45) is 3.57. The Morgan fingerprint density at radius 1 is 1.43 bits per heavy atom. The lowest BCUT2D eigenvalue weighted by atomic mass is 9.79. The lowest BCUT2D eigenvalue weighted by Crippen LogP contribution is -2.45. The second kappa shape index (κ2) is 9.23. The number of carbonyl (C=O) groups is 2. The van der Waals surface area contributed by atoms with E-state index < -0.39 is 41.8 Å². The van der Waals surface area contributed by atoms with Gasteiger partial charge in [0.25, 0.3) is 0 Å². The molecule has 0 radical (unpaired) electrons. The first-order valence-electron chi connectivity index (χ1n) is 10.2. The monoisotopic (exact) mass is 394 g/mol. The minimum atomic E-state index is -1.31. The fourth-order valence-electron chi connectivity index (χ4n) is 4.14. The summed E-state index contributed by atoms with van der Waals surface area (Å²) in [6.45, 7) is 10.8. The van der Waals surface area contributed by atoms with E-state index in [4.69, 9.17) is 9.47 Å². The fraction of sp³-hybridized carbons (Fsp3) is 0.727. The van der Waals surface area contributed by atoms with Gasteiger partial charge in [0.1, 0.15) is 12.2 Å². The Morgan fingerprint density at radius 3 is 2.75 bits per heavy atom. The van der Waals surface area contributed by atoms with Crippen LogP contribution in [-0.2, 0) is 19.1 Å². The number of esters is 2. The fourth-order valence-corrected chi connectivity index (χ4v) is 4.14. The predicted molar refractivity (Wildman–Crippen MR) is 105 cm³/mol. The number of rotatable bonds is 1. The molecule has 0 spiro atoms. The molecule has 2 rings (SSSR count). The normalized spacial score (nSPS) is 39.9. The third kappa shape index (κ3) is 5.45. The van der Waals surface area contributed by atoms with Crippen molar-refractivity contribution in [2.45, 2.75) is 90.1 Å². The van der Waals surface area contributed by atoms with Crippen molar-refractivity contribution in [3.05, 3.63) is 23.8 Å². The van der Waals surface area contributed by atoms with Crippen LogP contribution >= 0.6 is 0 Å². The SMILES string of the molecule is C=C1C(=O)O[C@H]2[C@H](OC(C)=O)[C@@H](C)CCC/C(C)=C/CC[C@](C)(O)[C@H](O)C[C@@H]12. The zero-order chi connectivity index (χ0) is 21.1. The molecule has 2 N–H and O–H groups in total. The third-order valence-corrected chi connectivity index (χ3v) is 6.11. The van der Waals surface area contributed by atoms with Crippen LogP contribution in [0.5, 0.6) is 0 Å². The predicted octanol–water partition coefficient (Wildman–Crippen LogP) is 3.06. The van der Waals surface area contributed by atoms with Gasteiger partial charge in [-0.3, -0.25) is 4.79 Å². The number of ether oxygens (including phenoxy) is 2. The van der Waals surface area contributed by atoms with E-state index in [1.54, 1.807) is 6.92 Å². The van der Waals surface area contributed by atoms with Crippen molar-refractivity contribution in [1.82, 2.24) is 0 Å². The first-order chi connectivity index (χ1) is 13.0. The summed E-state index contributed by atoms with van der Waals surface area (Å²) in [4.78, 5) is 23.9. The molecule has 1 aliphatic carbocycles. The van der Waals surface area contributed by atoms with E-state index in [9.17, 15) is 19.8 Å². The van der Waals surface area contributed by atoms with Crippen LogP contribution in [0.2, 0.25) is 0 Å². The highest BCUT2D eigenvalue weighted by Crippen LogP contribution is 2.38. The van der Waals surface area contributed by atoms with Crippen LogP contribution < -0.4 is 0 Å². The Bertz CT molecular complexity index is 635. The Kier molecular flexibility index (Phi) is 7.46. The zero-order valence-corrected chi connectivity index (χ0v) is 17.4. The molecule has 0 amide bonds. The molecule has 1 heterocycles. The molecule has 0 bridgehead atoms. The maximum atomic E-state index is 12.2. The summed E-state index contributed by atoms with van der Waals surface area (Å²) in [5.41, 5.74) is 0.184. The van der Waals surface area contributed by atoms with Crippen LogP contribution in [0.15, 0.2) is 23.8 Å². The molecule has 1 aliphatic heterocycles. The average molecular weight is 395 g/mol. The molecule has 6 atom stereocenters. The van der Waals surface area contributed by atoms with Gasteiger partial charge >= 0.3 is 11.9 Å². The largest absolute Gasteiger partial charge is 0.458 e. The Hall–Kier alpha value is -1.66. The molecule has 0 saturated carbocycles.